The van der Waals surface area contributed by atoms with E-state index in [4.69, 9.17) is 13.9 Å². The number of nitrogens with one attached hydrogen (secondary N) is 1. The van der Waals surface area contributed by atoms with Crippen molar-refractivity contribution in [2.75, 3.05) is 39.5 Å². The topological polar surface area (TPSA) is 83.8 Å². The summed E-state index contributed by atoms with van der Waals surface area (Å²) < 4.78 is 16.7. The minimum atomic E-state index is -0.106. The number of oxazole rings is 1. The molecule has 188 valence electrons. The molecule has 3 heterocycles. The molecular weight excluding hydrogens is 456 g/mol. The van der Waals surface area contributed by atoms with Crippen molar-refractivity contribution in [3.05, 3.63) is 83.7 Å². The van der Waals surface area contributed by atoms with Crippen molar-refractivity contribution >= 4 is 16.8 Å². The SMILES string of the molecule is CCOc1ccc(CN(CCc2c[nH]c3ccccc23)Cc2nc(C(=O)N3CCOCC3)co2)cc1. The van der Waals surface area contributed by atoms with E-state index in [1.807, 2.05) is 25.1 Å². The van der Waals surface area contributed by atoms with Crippen molar-refractivity contribution in [2.45, 2.75) is 26.4 Å². The average molecular weight is 489 g/mol. The van der Waals surface area contributed by atoms with Gasteiger partial charge in [0.2, 0.25) is 5.89 Å². The van der Waals surface area contributed by atoms with E-state index in [0.29, 0.717) is 51.0 Å². The number of benzene rings is 2. The summed E-state index contributed by atoms with van der Waals surface area (Å²) in [5.41, 5.74) is 3.94. The molecule has 0 aliphatic carbocycles. The largest absolute Gasteiger partial charge is 0.494 e. The molecule has 0 radical (unpaired) electrons. The Kier molecular flexibility index (Phi) is 7.64. The molecular formula is C28H32N4O4. The molecule has 1 N–H and O–H groups in total. The van der Waals surface area contributed by atoms with Crippen LogP contribution < -0.4 is 4.74 Å². The second-order valence-electron chi connectivity index (χ2n) is 8.93. The number of hydrogen-bond acceptors (Lipinski definition) is 6. The van der Waals surface area contributed by atoms with Gasteiger partial charge in [0.1, 0.15) is 12.0 Å². The Balaban J connectivity index is 1.30. The van der Waals surface area contributed by atoms with Gasteiger partial charge >= 0.3 is 0 Å². The number of ether oxygens (including phenoxy) is 2. The van der Waals surface area contributed by atoms with E-state index >= 15 is 0 Å². The predicted molar refractivity (Wildman–Crippen MR) is 137 cm³/mol. The molecule has 2 aromatic carbocycles. The van der Waals surface area contributed by atoms with E-state index < -0.39 is 0 Å². The summed E-state index contributed by atoms with van der Waals surface area (Å²) in [5, 5.41) is 1.24. The van der Waals surface area contributed by atoms with Crippen LogP contribution in [-0.2, 0) is 24.2 Å². The Hall–Kier alpha value is -3.62. The minimum Gasteiger partial charge on any atom is -0.494 e. The fraction of sp³-hybridized carbons (Fsp3) is 0.357. The lowest BCUT2D eigenvalue weighted by molar-refractivity contribution is 0.0299. The molecule has 1 aliphatic heterocycles. The normalized spacial score (nSPS) is 14.0. The summed E-state index contributed by atoms with van der Waals surface area (Å²) >= 11 is 0. The lowest BCUT2D eigenvalue weighted by Gasteiger charge is -2.25. The lowest BCUT2D eigenvalue weighted by Crippen LogP contribution is -2.40. The highest BCUT2D eigenvalue weighted by Crippen LogP contribution is 2.20. The van der Waals surface area contributed by atoms with E-state index in [9.17, 15) is 4.79 Å². The highest BCUT2D eigenvalue weighted by atomic mass is 16.5. The summed E-state index contributed by atoms with van der Waals surface area (Å²) in [6.07, 6.45) is 4.44. The molecule has 2 aromatic heterocycles. The van der Waals surface area contributed by atoms with Crippen LogP contribution in [0.2, 0.25) is 0 Å². The van der Waals surface area contributed by atoms with Gasteiger partial charge in [0.05, 0.1) is 26.4 Å². The van der Waals surface area contributed by atoms with Crippen LogP contribution >= 0.6 is 0 Å². The van der Waals surface area contributed by atoms with Gasteiger partial charge in [0, 0.05) is 43.3 Å². The monoisotopic (exact) mass is 488 g/mol. The molecule has 0 atom stereocenters. The first-order valence-electron chi connectivity index (χ1n) is 12.5. The first kappa shape index (κ1) is 24.1. The molecule has 1 saturated heterocycles. The molecule has 0 spiro atoms. The first-order chi connectivity index (χ1) is 17.7. The molecule has 5 rings (SSSR count). The number of aromatic nitrogens is 2. The number of nitrogens with zero attached hydrogens (tertiary/aromatic N) is 3. The molecule has 0 bridgehead atoms. The smallest absolute Gasteiger partial charge is 0.275 e. The number of carbonyl (C=O) groups is 1. The second-order valence-corrected chi connectivity index (χ2v) is 8.93. The van der Waals surface area contributed by atoms with Gasteiger partial charge in [-0.05, 0) is 42.7 Å². The van der Waals surface area contributed by atoms with E-state index in [1.165, 1.54) is 22.8 Å². The molecule has 36 heavy (non-hydrogen) atoms. The quantitative estimate of drug-likeness (QED) is 0.359. The first-order valence-corrected chi connectivity index (χ1v) is 12.5. The number of carbonyl (C=O) groups excluding carboxylic acids is 1. The zero-order valence-electron chi connectivity index (χ0n) is 20.6. The van der Waals surface area contributed by atoms with Crippen LogP contribution in [0, 0.1) is 0 Å². The van der Waals surface area contributed by atoms with E-state index in [-0.39, 0.29) is 5.91 Å². The highest BCUT2D eigenvalue weighted by molar-refractivity contribution is 5.92. The Bertz CT molecular complexity index is 1270. The van der Waals surface area contributed by atoms with Gasteiger partial charge in [-0.15, -0.1) is 0 Å². The molecule has 1 aliphatic rings. The zero-order chi connectivity index (χ0) is 24.7. The van der Waals surface area contributed by atoms with Crippen LogP contribution in [0.3, 0.4) is 0 Å². The maximum absolute atomic E-state index is 12.8. The summed E-state index contributed by atoms with van der Waals surface area (Å²) in [7, 11) is 0. The fourth-order valence-electron chi connectivity index (χ4n) is 4.55. The van der Waals surface area contributed by atoms with Crippen LogP contribution in [-0.4, -0.2) is 65.1 Å². The van der Waals surface area contributed by atoms with Gasteiger partial charge in [-0.3, -0.25) is 9.69 Å². The predicted octanol–water partition coefficient (Wildman–Crippen LogP) is 4.27. The Labute approximate surface area is 210 Å². The summed E-state index contributed by atoms with van der Waals surface area (Å²) in [6, 6.07) is 16.5. The Morgan fingerprint density at radius 1 is 1.11 bits per heavy atom. The van der Waals surface area contributed by atoms with Crippen molar-refractivity contribution in [3.8, 4) is 5.75 Å². The van der Waals surface area contributed by atoms with Gasteiger partial charge < -0.3 is 23.8 Å². The summed E-state index contributed by atoms with van der Waals surface area (Å²) in [6.45, 7) is 6.94. The minimum absolute atomic E-state index is 0.106. The van der Waals surface area contributed by atoms with Gasteiger partial charge in [-0.25, -0.2) is 4.98 Å². The maximum atomic E-state index is 12.8. The van der Waals surface area contributed by atoms with E-state index in [0.717, 1.165) is 30.8 Å². The number of morpholine rings is 1. The van der Waals surface area contributed by atoms with Gasteiger partial charge in [0.15, 0.2) is 5.69 Å². The van der Waals surface area contributed by atoms with Gasteiger partial charge in [0.25, 0.3) is 5.91 Å². The Morgan fingerprint density at radius 2 is 1.92 bits per heavy atom. The standard InChI is InChI=1S/C28H32N4O4/c1-2-35-23-9-7-21(8-10-23)18-31(12-11-22-17-29-25-6-4-3-5-24(22)25)19-27-30-26(20-36-27)28(33)32-13-15-34-16-14-32/h3-10,17,20,29H,2,11-16,18-19H2,1H3. The van der Waals surface area contributed by atoms with Crippen LogP contribution in [0.1, 0.15) is 34.4 Å². The highest BCUT2D eigenvalue weighted by Gasteiger charge is 2.22. The number of para-hydroxylation sites is 1. The number of fused-ring (bicyclic) bond motifs is 1. The van der Waals surface area contributed by atoms with Crippen molar-refractivity contribution in [3.63, 3.8) is 0 Å². The molecule has 1 amide bonds. The van der Waals surface area contributed by atoms with Gasteiger partial charge in [-0.1, -0.05) is 30.3 Å². The molecule has 8 heteroatoms. The summed E-state index contributed by atoms with van der Waals surface area (Å²) in [4.78, 5) is 24.8. The zero-order valence-corrected chi connectivity index (χ0v) is 20.6. The number of rotatable bonds is 10. The molecule has 0 saturated carbocycles. The summed E-state index contributed by atoms with van der Waals surface area (Å²) in [5.74, 6) is 1.30. The van der Waals surface area contributed by atoms with Crippen LogP contribution in [0.15, 0.2) is 65.4 Å². The third kappa shape index (κ3) is 5.78. The van der Waals surface area contributed by atoms with Crippen molar-refractivity contribution in [1.29, 1.82) is 0 Å². The average Bonchev–Trinajstić information content (AvgIpc) is 3.56. The fourth-order valence-corrected chi connectivity index (χ4v) is 4.55. The Morgan fingerprint density at radius 3 is 2.72 bits per heavy atom. The van der Waals surface area contributed by atoms with Crippen LogP contribution in [0.5, 0.6) is 5.75 Å². The third-order valence-electron chi connectivity index (χ3n) is 6.44. The number of aromatic amines is 1. The number of H-pyrrole nitrogens is 1. The molecule has 0 unspecified atom stereocenters. The second kappa shape index (κ2) is 11.4. The van der Waals surface area contributed by atoms with Crippen molar-refractivity contribution in [1.82, 2.24) is 19.8 Å². The number of amides is 1. The lowest BCUT2D eigenvalue weighted by atomic mass is 10.1. The van der Waals surface area contributed by atoms with E-state index in [1.54, 1.807) is 4.90 Å². The van der Waals surface area contributed by atoms with Crippen LogP contribution in [0.4, 0.5) is 0 Å². The van der Waals surface area contributed by atoms with Crippen molar-refractivity contribution in [2.24, 2.45) is 0 Å². The van der Waals surface area contributed by atoms with Crippen molar-refractivity contribution < 1.29 is 18.7 Å². The van der Waals surface area contributed by atoms with E-state index in [2.05, 4.69) is 51.4 Å². The molecule has 8 nitrogen and oxygen atoms in total. The third-order valence-corrected chi connectivity index (χ3v) is 6.44. The molecule has 4 aromatic rings. The maximum Gasteiger partial charge on any atom is 0.275 e. The van der Waals surface area contributed by atoms with Crippen LogP contribution in [0.25, 0.3) is 10.9 Å². The number of hydrogen-bond donors (Lipinski definition) is 1. The van der Waals surface area contributed by atoms with Gasteiger partial charge in [-0.2, -0.15) is 0 Å². The molecule has 1 fully saturated rings.